The SMILES string of the molecule is CC(O)(c1ccc(C#N)cc1)C1CC1. The molecule has 0 radical (unpaired) electrons. The van der Waals surface area contributed by atoms with Crippen molar-refractivity contribution in [2.45, 2.75) is 25.4 Å². The number of nitriles is 1. The number of hydrogen-bond acceptors (Lipinski definition) is 2. The minimum absolute atomic E-state index is 0.399. The lowest BCUT2D eigenvalue weighted by atomic mass is 9.90. The molecule has 0 saturated heterocycles. The molecule has 1 N–H and O–H groups in total. The highest BCUT2D eigenvalue weighted by Gasteiger charge is 2.40. The Hall–Kier alpha value is -1.33. The summed E-state index contributed by atoms with van der Waals surface area (Å²) in [5.41, 5.74) is 0.841. The summed E-state index contributed by atoms with van der Waals surface area (Å²) in [6.45, 7) is 1.85. The van der Waals surface area contributed by atoms with Crippen LogP contribution in [0.2, 0.25) is 0 Å². The van der Waals surface area contributed by atoms with E-state index in [4.69, 9.17) is 5.26 Å². The van der Waals surface area contributed by atoms with Gasteiger partial charge in [-0.3, -0.25) is 0 Å². The molecule has 1 aliphatic rings. The van der Waals surface area contributed by atoms with Gasteiger partial charge in [-0.2, -0.15) is 5.26 Å². The first-order valence-electron chi connectivity index (χ1n) is 4.87. The van der Waals surface area contributed by atoms with Crippen molar-refractivity contribution in [1.82, 2.24) is 0 Å². The minimum Gasteiger partial charge on any atom is -0.385 e. The normalized spacial score (nSPS) is 19.8. The molecule has 0 bridgehead atoms. The highest BCUT2D eigenvalue weighted by Crippen LogP contribution is 2.45. The van der Waals surface area contributed by atoms with Crippen molar-refractivity contribution in [3.8, 4) is 6.07 Å². The molecule has 1 unspecified atom stereocenters. The van der Waals surface area contributed by atoms with Crippen LogP contribution in [0.25, 0.3) is 0 Å². The third-order valence-electron chi connectivity index (χ3n) is 2.97. The van der Waals surface area contributed by atoms with Crippen LogP contribution in [0.5, 0.6) is 0 Å². The van der Waals surface area contributed by atoms with E-state index in [-0.39, 0.29) is 0 Å². The van der Waals surface area contributed by atoms with E-state index < -0.39 is 5.60 Å². The summed E-state index contributed by atoms with van der Waals surface area (Å²) in [6.07, 6.45) is 2.21. The molecule has 0 heterocycles. The topological polar surface area (TPSA) is 44.0 Å². The largest absolute Gasteiger partial charge is 0.385 e. The van der Waals surface area contributed by atoms with Crippen LogP contribution in [0.4, 0.5) is 0 Å². The highest BCUT2D eigenvalue weighted by molar-refractivity contribution is 5.34. The third-order valence-corrected chi connectivity index (χ3v) is 2.97. The summed E-state index contributed by atoms with van der Waals surface area (Å²) in [5, 5.41) is 18.8. The smallest absolute Gasteiger partial charge is 0.0991 e. The molecule has 1 aromatic rings. The second kappa shape index (κ2) is 3.11. The quantitative estimate of drug-likeness (QED) is 0.771. The fourth-order valence-corrected chi connectivity index (χ4v) is 1.76. The van der Waals surface area contributed by atoms with Gasteiger partial charge in [-0.05, 0) is 43.4 Å². The third kappa shape index (κ3) is 1.51. The standard InChI is InChI=1S/C12H13NO/c1-12(14,11-6-7-11)10-4-2-9(8-13)3-5-10/h2-5,11,14H,6-7H2,1H3. The first-order chi connectivity index (χ1) is 6.64. The summed E-state index contributed by atoms with van der Waals surface area (Å²) in [6, 6.07) is 9.27. The first kappa shape index (κ1) is 9.23. The van der Waals surface area contributed by atoms with Crippen molar-refractivity contribution in [3.63, 3.8) is 0 Å². The molecular formula is C12H13NO. The zero-order chi connectivity index (χ0) is 10.2. The summed E-state index contributed by atoms with van der Waals surface area (Å²) >= 11 is 0. The van der Waals surface area contributed by atoms with Crippen LogP contribution < -0.4 is 0 Å². The molecule has 1 aliphatic carbocycles. The van der Waals surface area contributed by atoms with E-state index in [9.17, 15) is 5.11 Å². The van der Waals surface area contributed by atoms with E-state index in [0.29, 0.717) is 11.5 Å². The van der Waals surface area contributed by atoms with Crippen molar-refractivity contribution in [3.05, 3.63) is 35.4 Å². The van der Waals surface area contributed by atoms with Gasteiger partial charge in [0.15, 0.2) is 0 Å². The van der Waals surface area contributed by atoms with Crippen molar-refractivity contribution in [1.29, 1.82) is 5.26 Å². The van der Waals surface area contributed by atoms with E-state index in [2.05, 4.69) is 6.07 Å². The Bertz CT molecular complexity index is 368. The predicted octanol–water partition coefficient (Wildman–Crippen LogP) is 2.18. The van der Waals surface area contributed by atoms with Gasteiger partial charge in [0.05, 0.1) is 17.2 Å². The van der Waals surface area contributed by atoms with Crippen LogP contribution in [0, 0.1) is 17.2 Å². The molecule has 1 fully saturated rings. The van der Waals surface area contributed by atoms with Crippen LogP contribution in [0.1, 0.15) is 30.9 Å². The molecular weight excluding hydrogens is 174 g/mol. The zero-order valence-electron chi connectivity index (χ0n) is 8.20. The average Bonchev–Trinajstić information content (AvgIpc) is 3.01. The molecule has 0 aromatic heterocycles. The van der Waals surface area contributed by atoms with Crippen LogP contribution >= 0.6 is 0 Å². The van der Waals surface area contributed by atoms with Crippen molar-refractivity contribution >= 4 is 0 Å². The Morgan fingerprint density at radius 3 is 2.36 bits per heavy atom. The maximum Gasteiger partial charge on any atom is 0.0991 e. The number of aliphatic hydroxyl groups is 1. The highest BCUT2D eigenvalue weighted by atomic mass is 16.3. The van der Waals surface area contributed by atoms with Crippen molar-refractivity contribution in [2.75, 3.05) is 0 Å². The monoisotopic (exact) mass is 187 g/mol. The zero-order valence-corrected chi connectivity index (χ0v) is 8.20. The number of hydrogen-bond donors (Lipinski definition) is 1. The fourth-order valence-electron chi connectivity index (χ4n) is 1.76. The van der Waals surface area contributed by atoms with E-state index in [1.54, 1.807) is 12.1 Å². The lowest BCUT2D eigenvalue weighted by Crippen LogP contribution is -2.23. The molecule has 2 rings (SSSR count). The van der Waals surface area contributed by atoms with Gasteiger partial charge >= 0.3 is 0 Å². The molecule has 0 aliphatic heterocycles. The number of benzene rings is 1. The van der Waals surface area contributed by atoms with E-state index >= 15 is 0 Å². The molecule has 1 atom stereocenters. The Morgan fingerprint density at radius 2 is 1.93 bits per heavy atom. The van der Waals surface area contributed by atoms with E-state index in [0.717, 1.165) is 18.4 Å². The molecule has 14 heavy (non-hydrogen) atoms. The Balaban J connectivity index is 2.28. The lowest BCUT2D eigenvalue weighted by Gasteiger charge is -2.23. The van der Waals surface area contributed by atoms with Gasteiger partial charge in [0.1, 0.15) is 0 Å². The van der Waals surface area contributed by atoms with Crippen LogP contribution in [-0.4, -0.2) is 5.11 Å². The van der Waals surface area contributed by atoms with Crippen LogP contribution in [-0.2, 0) is 5.60 Å². The average molecular weight is 187 g/mol. The van der Waals surface area contributed by atoms with Crippen molar-refractivity contribution in [2.24, 2.45) is 5.92 Å². The second-order valence-electron chi connectivity index (χ2n) is 4.11. The maximum atomic E-state index is 10.2. The van der Waals surface area contributed by atoms with Crippen LogP contribution in [0.3, 0.4) is 0 Å². The summed E-state index contributed by atoms with van der Waals surface area (Å²) in [4.78, 5) is 0. The van der Waals surface area contributed by atoms with Crippen LogP contribution in [0.15, 0.2) is 24.3 Å². The fraction of sp³-hybridized carbons (Fsp3) is 0.417. The molecule has 72 valence electrons. The first-order valence-corrected chi connectivity index (χ1v) is 4.87. The summed E-state index contributed by atoms with van der Waals surface area (Å²) < 4.78 is 0. The Morgan fingerprint density at radius 1 is 1.36 bits per heavy atom. The van der Waals surface area contributed by atoms with Gasteiger partial charge in [-0.25, -0.2) is 0 Å². The Kier molecular flexibility index (Phi) is 2.05. The molecule has 1 aromatic carbocycles. The molecule has 2 nitrogen and oxygen atoms in total. The molecule has 1 saturated carbocycles. The molecule has 0 amide bonds. The van der Waals surface area contributed by atoms with Crippen molar-refractivity contribution < 1.29 is 5.11 Å². The Labute approximate surface area is 83.8 Å². The second-order valence-corrected chi connectivity index (χ2v) is 4.11. The molecule has 0 spiro atoms. The van der Waals surface area contributed by atoms with Gasteiger partial charge in [-0.1, -0.05) is 12.1 Å². The van der Waals surface area contributed by atoms with E-state index in [1.165, 1.54) is 0 Å². The van der Waals surface area contributed by atoms with Gasteiger partial charge in [-0.15, -0.1) is 0 Å². The minimum atomic E-state index is -0.714. The van der Waals surface area contributed by atoms with E-state index in [1.807, 2.05) is 19.1 Å². The summed E-state index contributed by atoms with van der Waals surface area (Å²) in [7, 11) is 0. The van der Waals surface area contributed by atoms with Gasteiger partial charge < -0.3 is 5.11 Å². The number of rotatable bonds is 2. The maximum absolute atomic E-state index is 10.2. The van der Waals surface area contributed by atoms with Gasteiger partial charge in [0, 0.05) is 0 Å². The predicted molar refractivity (Wildman–Crippen MR) is 53.5 cm³/mol. The van der Waals surface area contributed by atoms with Gasteiger partial charge in [0.2, 0.25) is 0 Å². The summed E-state index contributed by atoms with van der Waals surface area (Å²) in [5.74, 6) is 0.399. The number of nitrogens with zero attached hydrogens (tertiary/aromatic N) is 1. The van der Waals surface area contributed by atoms with Gasteiger partial charge in [0.25, 0.3) is 0 Å². The lowest BCUT2D eigenvalue weighted by molar-refractivity contribution is 0.0331. The molecule has 2 heteroatoms.